The fourth-order valence-corrected chi connectivity index (χ4v) is 1.06. The average molecular weight is 206 g/mol. The number of aliphatic hydroxyl groups excluding tert-OH is 2. The Labute approximate surface area is 89.3 Å². The van der Waals surface area contributed by atoms with Crippen molar-refractivity contribution in [3.63, 3.8) is 0 Å². The molecule has 2 N–H and O–H groups in total. The van der Waals surface area contributed by atoms with Crippen LogP contribution in [0, 0.1) is 12.3 Å². The van der Waals surface area contributed by atoms with E-state index >= 15 is 0 Å². The van der Waals surface area contributed by atoms with E-state index in [9.17, 15) is 0 Å². The van der Waals surface area contributed by atoms with Crippen molar-refractivity contribution in [2.45, 2.75) is 12.7 Å². The Morgan fingerprint density at radius 2 is 2.00 bits per heavy atom. The van der Waals surface area contributed by atoms with E-state index in [-0.39, 0.29) is 13.2 Å². The van der Waals surface area contributed by atoms with Crippen LogP contribution in [0.25, 0.3) is 0 Å². The number of aliphatic hydroxyl groups is 2. The van der Waals surface area contributed by atoms with Crippen LogP contribution in [0.4, 0.5) is 0 Å². The van der Waals surface area contributed by atoms with Crippen molar-refractivity contribution in [1.29, 1.82) is 0 Å². The summed E-state index contributed by atoms with van der Waals surface area (Å²) < 4.78 is 5.18. The van der Waals surface area contributed by atoms with E-state index in [2.05, 4.69) is 5.92 Å². The minimum Gasteiger partial charge on any atom is -0.394 e. The maximum absolute atomic E-state index is 9.02. The van der Waals surface area contributed by atoms with E-state index in [4.69, 9.17) is 21.4 Å². The van der Waals surface area contributed by atoms with Crippen LogP contribution < -0.4 is 0 Å². The molecule has 0 unspecified atom stereocenters. The lowest BCUT2D eigenvalue weighted by Crippen LogP contribution is -2.19. The summed E-state index contributed by atoms with van der Waals surface area (Å²) in [5, 5.41) is 17.6. The fraction of sp³-hybridized carbons (Fsp3) is 0.333. The zero-order valence-electron chi connectivity index (χ0n) is 8.39. The lowest BCUT2D eigenvalue weighted by atomic mass is 10.1. The van der Waals surface area contributed by atoms with Crippen LogP contribution in [0.3, 0.4) is 0 Å². The molecule has 0 bridgehead atoms. The van der Waals surface area contributed by atoms with Crippen LogP contribution in [0.2, 0.25) is 0 Å². The zero-order valence-corrected chi connectivity index (χ0v) is 8.39. The van der Waals surface area contributed by atoms with Gasteiger partial charge in [0.05, 0.1) is 19.8 Å². The van der Waals surface area contributed by atoms with Crippen LogP contribution in [-0.2, 0) is 11.3 Å². The highest BCUT2D eigenvalue weighted by atomic mass is 16.5. The quantitative estimate of drug-likeness (QED) is 0.691. The molecule has 80 valence electrons. The Morgan fingerprint density at radius 3 is 2.53 bits per heavy atom. The Bertz CT molecular complexity index is 324. The molecule has 0 aromatic heterocycles. The van der Waals surface area contributed by atoms with Gasteiger partial charge in [0.15, 0.2) is 0 Å². The molecular formula is C12H14O3. The van der Waals surface area contributed by atoms with E-state index in [1.165, 1.54) is 0 Å². The van der Waals surface area contributed by atoms with Gasteiger partial charge in [0.25, 0.3) is 0 Å². The van der Waals surface area contributed by atoms with Crippen LogP contribution in [0.1, 0.15) is 11.1 Å². The molecule has 0 spiro atoms. The molecule has 0 saturated carbocycles. The number of benzene rings is 1. The maximum Gasteiger partial charge on any atom is 0.100 e. The van der Waals surface area contributed by atoms with Crippen LogP contribution >= 0.6 is 0 Å². The molecule has 0 aliphatic carbocycles. The summed E-state index contributed by atoms with van der Waals surface area (Å²) in [7, 11) is 0. The lowest BCUT2D eigenvalue weighted by Gasteiger charge is -2.08. The van der Waals surface area contributed by atoms with Gasteiger partial charge >= 0.3 is 0 Å². The first-order valence-corrected chi connectivity index (χ1v) is 4.68. The standard InChI is InChI=1S/C12H14O3/c1-2-10-3-5-11(6-4-10)8-15-9-12(14)7-13/h1,3-6,12-14H,7-9H2/t12-/m1/s1. The summed E-state index contributed by atoms with van der Waals surface area (Å²) in [4.78, 5) is 0. The van der Waals surface area contributed by atoms with E-state index in [1.807, 2.05) is 24.3 Å². The first kappa shape index (κ1) is 11.7. The summed E-state index contributed by atoms with van der Waals surface area (Å²) in [6, 6.07) is 7.42. The monoisotopic (exact) mass is 206 g/mol. The fourth-order valence-electron chi connectivity index (χ4n) is 1.06. The smallest absolute Gasteiger partial charge is 0.100 e. The SMILES string of the molecule is C#Cc1ccc(COC[C@H](O)CO)cc1. The highest BCUT2D eigenvalue weighted by Crippen LogP contribution is 2.04. The molecule has 1 atom stereocenters. The Hall–Kier alpha value is -1.34. The minimum atomic E-state index is -0.810. The molecule has 0 aliphatic heterocycles. The van der Waals surface area contributed by atoms with Gasteiger partial charge in [0, 0.05) is 5.56 Å². The van der Waals surface area contributed by atoms with E-state index in [1.54, 1.807) is 0 Å². The molecule has 0 saturated heterocycles. The van der Waals surface area contributed by atoms with Gasteiger partial charge in [-0.2, -0.15) is 0 Å². The van der Waals surface area contributed by atoms with Crippen molar-refractivity contribution in [2.75, 3.05) is 13.2 Å². The van der Waals surface area contributed by atoms with Gasteiger partial charge in [0.1, 0.15) is 6.10 Å². The van der Waals surface area contributed by atoms with Crippen LogP contribution in [0.15, 0.2) is 24.3 Å². The summed E-state index contributed by atoms with van der Waals surface area (Å²) in [5.41, 5.74) is 1.81. The van der Waals surface area contributed by atoms with E-state index < -0.39 is 6.10 Å². The molecule has 15 heavy (non-hydrogen) atoms. The largest absolute Gasteiger partial charge is 0.394 e. The zero-order chi connectivity index (χ0) is 11.1. The Balaban J connectivity index is 2.35. The van der Waals surface area contributed by atoms with E-state index in [0.29, 0.717) is 6.61 Å². The van der Waals surface area contributed by atoms with Crippen molar-refractivity contribution >= 4 is 0 Å². The summed E-state index contributed by atoms with van der Waals surface area (Å²) in [5.74, 6) is 2.52. The van der Waals surface area contributed by atoms with Crippen molar-refractivity contribution < 1.29 is 14.9 Å². The molecule has 3 nitrogen and oxygen atoms in total. The van der Waals surface area contributed by atoms with Gasteiger partial charge in [-0.05, 0) is 17.7 Å². The predicted octanol–water partition coefficient (Wildman–Crippen LogP) is 0.538. The second-order valence-corrected chi connectivity index (χ2v) is 3.19. The third kappa shape index (κ3) is 4.13. The Morgan fingerprint density at radius 1 is 1.33 bits per heavy atom. The first-order chi connectivity index (χ1) is 7.26. The minimum absolute atomic E-state index is 0.132. The summed E-state index contributed by atoms with van der Waals surface area (Å²) in [6.07, 6.45) is 4.41. The van der Waals surface area contributed by atoms with Gasteiger partial charge in [-0.25, -0.2) is 0 Å². The molecule has 0 heterocycles. The van der Waals surface area contributed by atoms with Gasteiger partial charge in [0.2, 0.25) is 0 Å². The molecule has 3 heteroatoms. The summed E-state index contributed by atoms with van der Waals surface area (Å²) in [6.45, 7) is 0.255. The molecule has 1 rings (SSSR count). The van der Waals surface area contributed by atoms with Gasteiger partial charge in [-0.15, -0.1) is 6.42 Å². The van der Waals surface area contributed by atoms with Gasteiger partial charge < -0.3 is 14.9 Å². The van der Waals surface area contributed by atoms with Crippen molar-refractivity contribution in [3.8, 4) is 12.3 Å². The van der Waals surface area contributed by atoms with Crippen LogP contribution in [0.5, 0.6) is 0 Å². The third-order valence-corrected chi connectivity index (χ3v) is 1.91. The molecule has 0 aliphatic rings. The third-order valence-electron chi connectivity index (χ3n) is 1.91. The molecule has 1 aromatic carbocycles. The van der Waals surface area contributed by atoms with Crippen molar-refractivity contribution in [3.05, 3.63) is 35.4 Å². The lowest BCUT2D eigenvalue weighted by molar-refractivity contribution is 0.0000244. The topological polar surface area (TPSA) is 49.7 Å². The molecular weight excluding hydrogens is 192 g/mol. The molecule has 1 aromatic rings. The Kier molecular flexibility index (Phi) is 4.85. The highest BCUT2D eigenvalue weighted by molar-refractivity contribution is 5.33. The molecule has 0 radical (unpaired) electrons. The van der Waals surface area contributed by atoms with Crippen LogP contribution in [-0.4, -0.2) is 29.5 Å². The second-order valence-electron chi connectivity index (χ2n) is 3.19. The average Bonchev–Trinajstić information content (AvgIpc) is 2.29. The molecule has 0 fully saturated rings. The number of ether oxygens (including phenoxy) is 1. The van der Waals surface area contributed by atoms with Gasteiger partial charge in [-0.1, -0.05) is 18.1 Å². The van der Waals surface area contributed by atoms with Crippen molar-refractivity contribution in [2.24, 2.45) is 0 Å². The van der Waals surface area contributed by atoms with Gasteiger partial charge in [-0.3, -0.25) is 0 Å². The number of hydrogen-bond acceptors (Lipinski definition) is 3. The maximum atomic E-state index is 9.02. The first-order valence-electron chi connectivity index (χ1n) is 4.68. The normalized spacial score (nSPS) is 12.1. The second kappa shape index (κ2) is 6.20. The summed E-state index contributed by atoms with van der Waals surface area (Å²) >= 11 is 0. The molecule has 0 amide bonds. The number of terminal acetylenes is 1. The number of rotatable bonds is 5. The highest BCUT2D eigenvalue weighted by Gasteiger charge is 2.01. The number of hydrogen-bond donors (Lipinski definition) is 2. The van der Waals surface area contributed by atoms with Crippen molar-refractivity contribution in [1.82, 2.24) is 0 Å². The van der Waals surface area contributed by atoms with E-state index in [0.717, 1.165) is 11.1 Å². The predicted molar refractivity (Wildman–Crippen MR) is 57.1 cm³/mol.